The van der Waals surface area contributed by atoms with Gasteiger partial charge in [-0.05, 0) is 52.9 Å². The molecule has 0 spiro atoms. The van der Waals surface area contributed by atoms with Crippen molar-refractivity contribution in [1.82, 2.24) is 10.2 Å². The maximum Gasteiger partial charge on any atom is 0.410 e. The quantitative estimate of drug-likeness (QED) is 0.838. The van der Waals surface area contributed by atoms with Crippen molar-refractivity contribution in [3.05, 3.63) is 0 Å². The van der Waals surface area contributed by atoms with E-state index in [4.69, 9.17) is 4.74 Å². The number of hydrogen-bond acceptors (Lipinski definition) is 4. The van der Waals surface area contributed by atoms with Crippen LogP contribution in [-0.4, -0.2) is 53.0 Å². The smallest absolute Gasteiger partial charge is 0.410 e. The summed E-state index contributed by atoms with van der Waals surface area (Å²) in [4.78, 5) is 14.3. The Labute approximate surface area is 134 Å². The first-order valence-corrected chi connectivity index (χ1v) is 8.71. The molecule has 0 aromatic heterocycles. The van der Waals surface area contributed by atoms with Crippen molar-refractivity contribution in [3.63, 3.8) is 0 Å². The topological polar surface area (TPSA) is 61.8 Å². The van der Waals surface area contributed by atoms with E-state index < -0.39 is 5.60 Å². The Kier molecular flexibility index (Phi) is 5.72. The Morgan fingerprint density at radius 1 is 1.27 bits per heavy atom. The molecule has 2 N–H and O–H groups in total. The highest BCUT2D eigenvalue weighted by molar-refractivity contribution is 5.68. The van der Waals surface area contributed by atoms with E-state index in [2.05, 4.69) is 5.32 Å². The number of aliphatic hydroxyl groups is 1. The number of rotatable bonds is 4. The highest BCUT2D eigenvalue weighted by Gasteiger charge is 2.36. The van der Waals surface area contributed by atoms with E-state index in [9.17, 15) is 9.90 Å². The molecule has 1 atom stereocenters. The van der Waals surface area contributed by atoms with Crippen molar-refractivity contribution in [1.29, 1.82) is 0 Å². The third-order valence-electron chi connectivity index (χ3n) is 4.83. The van der Waals surface area contributed by atoms with Gasteiger partial charge in [-0.25, -0.2) is 4.79 Å². The van der Waals surface area contributed by atoms with Gasteiger partial charge in [0.2, 0.25) is 0 Å². The van der Waals surface area contributed by atoms with Gasteiger partial charge in [-0.3, -0.25) is 0 Å². The highest BCUT2D eigenvalue weighted by atomic mass is 16.6. The van der Waals surface area contributed by atoms with Crippen LogP contribution >= 0.6 is 0 Å². The standard InChI is InChI=1S/C17H32N2O3/c1-16(2,3)22-15(21)19-11-7-4-8-14(19)12-18-17(13-20)9-5-6-10-17/h14,18,20H,4-13H2,1-3H3. The molecular formula is C17H32N2O3. The summed E-state index contributed by atoms with van der Waals surface area (Å²) >= 11 is 0. The van der Waals surface area contributed by atoms with E-state index in [0.717, 1.165) is 45.2 Å². The Balaban J connectivity index is 1.93. The molecule has 1 aliphatic heterocycles. The summed E-state index contributed by atoms with van der Waals surface area (Å²) in [5.74, 6) is 0. The predicted molar refractivity (Wildman–Crippen MR) is 86.9 cm³/mol. The molecule has 5 nitrogen and oxygen atoms in total. The van der Waals surface area contributed by atoms with Crippen LogP contribution < -0.4 is 5.32 Å². The van der Waals surface area contributed by atoms with Crippen LogP contribution in [0.25, 0.3) is 0 Å². The van der Waals surface area contributed by atoms with Crippen LogP contribution in [0.5, 0.6) is 0 Å². The van der Waals surface area contributed by atoms with Gasteiger partial charge in [0.15, 0.2) is 0 Å². The number of hydrogen-bond donors (Lipinski definition) is 2. The summed E-state index contributed by atoms with van der Waals surface area (Å²) < 4.78 is 5.54. The van der Waals surface area contributed by atoms with Crippen molar-refractivity contribution in [3.8, 4) is 0 Å². The molecule has 5 heteroatoms. The van der Waals surface area contributed by atoms with Crippen molar-refractivity contribution >= 4 is 6.09 Å². The van der Waals surface area contributed by atoms with Crippen LogP contribution in [-0.2, 0) is 4.74 Å². The monoisotopic (exact) mass is 312 g/mol. The average molecular weight is 312 g/mol. The van der Waals surface area contributed by atoms with Gasteiger partial charge in [-0.1, -0.05) is 12.8 Å². The number of likely N-dealkylation sites (tertiary alicyclic amines) is 1. The molecule has 0 radical (unpaired) electrons. The molecule has 0 aromatic carbocycles. The number of nitrogens with zero attached hydrogens (tertiary/aromatic N) is 1. The molecule has 1 aliphatic carbocycles. The van der Waals surface area contributed by atoms with Crippen LogP contribution in [0.1, 0.15) is 65.7 Å². The third kappa shape index (κ3) is 4.59. The SMILES string of the molecule is CC(C)(C)OC(=O)N1CCCCC1CNC1(CO)CCCC1. The molecule has 2 fully saturated rings. The van der Waals surface area contributed by atoms with Gasteiger partial charge in [-0.2, -0.15) is 0 Å². The second kappa shape index (κ2) is 7.18. The summed E-state index contributed by atoms with van der Waals surface area (Å²) in [6.07, 6.45) is 7.41. The largest absolute Gasteiger partial charge is 0.444 e. The molecule has 0 aromatic rings. The fourth-order valence-electron chi connectivity index (χ4n) is 3.55. The third-order valence-corrected chi connectivity index (χ3v) is 4.83. The molecule has 1 saturated heterocycles. The number of amides is 1. The molecule has 128 valence electrons. The summed E-state index contributed by atoms with van der Waals surface area (Å²) in [7, 11) is 0. The Bertz CT molecular complexity index is 373. The van der Waals surface area contributed by atoms with Crippen LogP contribution in [0.3, 0.4) is 0 Å². The maximum atomic E-state index is 12.4. The first-order valence-electron chi connectivity index (χ1n) is 8.71. The number of carbonyl (C=O) groups excluding carboxylic acids is 1. The van der Waals surface area contributed by atoms with E-state index in [1.54, 1.807) is 0 Å². The normalized spacial score (nSPS) is 25.3. The summed E-state index contributed by atoms with van der Waals surface area (Å²) in [5.41, 5.74) is -0.582. The number of ether oxygens (including phenoxy) is 1. The second-order valence-electron chi connectivity index (χ2n) is 7.85. The van der Waals surface area contributed by atoms with Gasteiger partial charge < -0.3 is 20.1 Å². The van der Waals surface area contributed by atoms with Gasteiger partial charge in [0.05, 0.1) is 6.61 Å². The van der Waals surface area contributed by atoms with E-state index in [1.807, 2.05) is 25.7 Å². The van der Waals surface area contributed by atoms with Gasteiger partial charge in [0.25, 0.3) is 0 Å². The molecule has 1 saturated carbocycles. The van der Waals surface area contributed by atoms with Gasteiger partial charge in [0, 0.05) is 24.7 Å². The summed E-state index contributed by atoms with van der Waals surface area (Å²) in [6.45, 7) is 7.42. The van der Waals surface area contributed by atoms with Crippen molar-refractivity contribution in [2.24, 2.45) is 0 Å². The molecule has 1 heterocycles. The summed E-state index contributed by atoms with van der Waals surface area (Å²) in [6, 6.07) is 0.174. The first kappa shape index (κ1) is 17.5. The lowest BCUT2D eigenvalue weighted by atomic mass is 9.96. The van der Waals surface area contributed by atoms with Crippen molar-refractivity contribution < 1.29 is 14.6 Å². The lowest BCUT2D eigenvalue weighted by molar-refractivity contribution is 0.00842. The van der Waals surface area contributed by atoms with Crippen LogP contribution in [0.15, 0.2) is 0 Å². The zero-order chi connectivity index (χ0) is 16.2. The minimum atomic E-state index is -0.454. The van der Waals surface area contributed by atoms with Crippen molar-refractivity contribution in [2.45, 2.75) is 82.9 Å². The van der Waals surface area contributed by atoms with E-state index >= 15 is 0 Å². The van der Waals surface area contributed by atoms with Gasteiger partial charge in [-0.15, -0.1) is 0 Å². The molecule has 2 aliphatic rings. The molecule has 1 amide bonds. The van der Waals surface area contributed by atoms with Crippen LogP contribution in [0, 0.1) is 0 Å². The number of nitrogens with one attached hydrogen (secondary N) is 1. The Hall–Kier alpha value is -0.810. The van der Waals surface area contributed by atoms with E-state index in [0.29, 0.717) is 0 Å². The maximum absolute atomic E-state index is 12.4. The fourth-order valence-corrected chi connectivity index (χ4v) is 3.55. The molecular weight excluding hydrogens is 280 g/mol. The minimum Gasteiger partial charge on any atom is -0.444 e. The average Bonchev–Trinajstić information content (AvgIpc) is 2.93. The number of piperidine rings is 1. The molecule has 1 unspecified atom stereocenters. The lowest BCUT2D eigenvalue weighted by Gasteiger charge is -2.39. The first-order chi connectivity index (χ1) is 10.4. The number of carbonyl (C=O) groups is 1. The lowest BCUT2D eigenvalue weighted by Crippen LogP contribution is -2.55. The van der Waals surface area contributed by atoms with Crippen LogP contribution in [0.2, 0.25) is 0 Å². The Morgan fingerprint density at radius 3 is 2.55 bits per heavy atom. The summed E-state index contributed by atoms with van der Waals surface area (Å²) in [5, 5.41) is 13.3. The minimum absolute atomic E-state index is 0.128. The molecule has 0 bridgehead atoms. The van der Waals surface area contributed by atoms with Crippen LogP contribution in [0.4, 0.5) is 4.79 Å². The van der Waals surface area contributed by atoms with Gasteiger partial charge in [0.1, 0.15) is 5.60 Å². The molecule has 2 rings (SSSR count). The van der Waals surface area contributed by atoms with E-state index in [1.165, 1.54) is 12.8 Å². The Morgan fingerprint density at radius 2 is 1.95 bits per heavy atom. The molecule has 22 heavy (non-hydrogen) atoms. The number of aliphatic hydroxyl groups excluding tert-OH is 1. The van der Waals surface area contributed by atoms with E-state index in [-0.39, 0.29) is 24.3 Å². The zero-order valence-electron chi connectivity index (χ0n) is 14.4. The zero-order valence-corrected chi connectivity index (χ0v) is 14.4. The van der Waals surface area contributed by atoms with Gasteiger partial charge >= 0.3 is 6.09 Å². The highest BCUT2D eigenvalue weighted by Crippen LogP contribution is 2.29. The predicted octanol–water partition coefficient (Wildman–Crippen LogP) is 2.67. The van der Waals surface area contributed by atoms with Crippen molar-refractivity contribution in [2.75, 3.05) is 19.7 Å². The fraction of sp³-hybridized carbons (Fsp3) is 0.941. The second-order valence-corrected chi connectivity index (χ2v) is 7.85.